The van der Waals surface area contributed by atoms with Crippen molar-refractivity contribution in [3.8, 4) is 0 Å². The van der Waals surface area contributed by atoms with Crippen LogP contribution in [-0.2, 0) is 19.6 Å². The maximum Gasteiger partial charge on any atom is 0.405 e. The number of fused-ring (bicyclic) bond motifs is 1. The van der Waals surface area contributed by atoms with Crippen LogP contribution in [0.1, 0.15) is 40.0 Å². The molecule has 0 radical (unpaired) electrons. The zero-order valence-corrected chi connectivity index (χ0v) is 19.9. The third kappa shape index (κ3) is 6.66. The smallest absolute Gasteiger partial charge is 0.405 e. The summed E-state index contributed by atoms with van der Waals surface area (Å²) in [5.74, 6) is -0.313. The summed E-state index contributed by atoms with van der Waals surface area (Å²) in [7, 11) is -3.81. The fourth-order valence-electron chi connectivity index (χ4n) is 4.00. The molecule has 4 N–H and O–H groups in total. The molecule has 0 aliphatic carbocycles. The van der Waals surface area contributed by atoms with Gasteiger partial charge in [0.2, 0.25) is 15.9 Å². The van der Waals surface area contributed by atoms with Crippen molar-refractivity contribution in [1.82, 2.24) is 10.0 Å². The van der Waals surface area contributed by atoms with Crippen LogP contribution in [0.2, 0.25) is 0 Å². The molecule has 0 saturated carbocycles. The number of carboxylic acid groups (broad SMARTS) is 1. The van der Waals surface area contributed by atoms with Gasteiger partial charge in [-0.25, -0.2) is 17.9 Å². The minimum Gasteiger partial charge on any atom is -0.465 e. The molecule has 1 heterocycles. The fourth-order valence-corrected chi connectivity index (χ4v) is 5.64. The lowest BCUT2D eigenvalue weighted by atomic mass is 9.92. The van der Waals surface area contributed by atoms with Gasteiger partial charge in [0.15, 0.2) is 0 Å². The summed E-state index contributed by atoms with van der Waals surface area (Å²) in [6, 6.07) is 8.92. The van der Waals surface area contributed by atoms with Crippen molar-refractivity contribution in [1.29, 1.82) is 0 Å². The van der Waals surface area contributed by atoms with E-state index in [0.717, 1.165) is 12.8 Å². The number of amides is 2. The van der Waals surface area contributed by atoms with Gasteiger partial charge < -0.3 is 20.5 Å². The van der Waals surface area contributed by atoms with E-state index in [1.807, 2.05) is 0 Å². The quantitative estimate of drug-likeness (QED) is 0.483. The normalized spacial score (nSPS) is 16.3. The monoisotopic (exact) mass is 477 g/mol. The van der Waals surface area contributed by atoms with Gasteiger partial charge in [0.1, 0.15) is 6.04 Å². The van der Waals surface area contributed by atoms with Crippen LogP contribution in [0.3, 0.4) is 0 Å². The highest BCUT2D eigenvalue weighted by Gasteiger charge is 2.27. The summed E-state index contributed by atoms with van der Waals surface area (Å²) >= 11 is 0. The number of benzene rings is 2. The summed E-state index contributed by atoms with van der Waals surface area (Å²) in [5.41, 5.74) is -0.248. The van der Waals surface area contributed by atoms with Gasteiger partial charge in [0.05, 0.1) is 4.90 Å². The summed E-state index contributed by atoms with van der Waals surface area (Å²) in [6.45, 7) is 6.46. The number of hydrogen-bond acceptors (Lipinski definition) is 5. The van der Waals surface area contributed by atoms with Gasteiger partial charge >= 0.3 is 6.09 Å². The van der Waals surface area contributed by atoms with Crippen molar-refractivity contribution in [3.63, 3.8) is 0 Å². The molecule has 2 aromatic rings. The van der Waals surface area contributed by atoms with Gasteiger partial charge in [-0.2, -0.15) is 0 Å². The number of sulfonamides is 1. The molecule has 2 aromatic carbocycles. The molecular formula is C23H31N3O6S. The number of anilines is 1. The van der Waals surface area contributed by atoms with Crippen molar-refractivity contribution in [2.75, 3.05) is 18.5 Å². The van der Waals surface area contributed by atoms with Crippen molar-refractivity contribution in [2.45, 2.75) is 56.5 Å². The lowest BCUT2D eigenvalue weighted by Crippen LogP contribution is -2.44. The Morgan fingerprint density at radius 3 is 2.36 bits per heavy atom. The van der Waals surface area contributed by atoms with E-state index in [1.54, 1.807) is 51.1 Å². The average molecular weight is 478 g/mol. The van der Waals surface area contributed by atoms with E-state index in [4.69, 9.17) is 4.74 Å². The molecule has 3 rings (SSSR count). The molecule has 180 valence electrons. The van der Waals surface area contributed by atoms with E-state index in [0.29, 0.717) is 36.1 Å². The van der Waals surface area contributed by atoms with Crippen molar-refractivity contribution >= 4 is 38.5 Å². The predicted octanol–water partition coefficient (Wildman–Crippen LogP) is 3.31. The molecule has 1 saturated heterocycles. The molecule has 33 heavy (non-hydrogen) atoms. The van der Waals surface area contributed by atoms with E-state index >= 15 is 0 Å². The highest BCUT2D eigenvalue weighted by molar-refractivity contribution is 7.89. The highest BCUT2D eigenvalue weighted by Crippen LogP contribution is 2.30. The molecule has 1 fully saturated rings. The second kappa shape index (κ2) is 10.1. The summed E-state index contributed by atoms with van der Waals surface area (Å²) < 4.78 is 33.9. The Bertz CT molecular complexity index is 1120. The Hall–Kier alpha value is -2.69. The second-order valence-electron chi connectivity index (χ2n) is 9.30. The van der Waals surface area contributed by atoms with Gasteiger partial charge in [-0.3, -0.25) is 4.79 Å². The molecule has 0 spiro atoms. The summed E-state index contributed by atoms with van der Waals surface area (Å²) in [4.78, 5) is 24.4. The minimum atomic E-state index is -3.81. The number of carbonyl (C=O) groups is 2. The van der Waals surface area contributed by atoms with Crippen LogP contribution in [0.15, 0.2) is 41.3 Å². The highest BCUT2D eigenvalue weighted by atomic mass is 32.2. The topological polar surface area (TPSA) is 134 Å². The number of hydrogen-bond donors (Lipinski definition) is 4. The molecule has 0 aromatic heterocycles. The standard InChI is InChI=1S/C23H31N3O6S/c1-23(2,3)26-33(30,31)20-9-5-6-16-17(20)7-4-8-18(16)24-21(27)19(25-22(28)29)14-15-10-12-32-13-11-15/h4-9,15,19,25-26H,10-14H2,1-3H3,(H,24,27)(H,28,29). The number of carbonyl (C=O) groups excluding carboxylic acids is 1. The van der Waals surface area contributed by atoms with Gasteiger partial charge in [0, 0.05) is 35.2 Å². The first-order chi connectivity index (χ1) is 15.5. The van der Waals surface area contributed by atoms with Crippen LogP contribution in [-0.4, -0.2) is 50.3 Å². The van der Waals surface area contributed by atoms with Gasteiger partial charge in [-0.1, -0.05) is 24.3 Å². The molecule has 1 aliphatic heterocycles. The summed E-state index contributed by atoms with van der Waals surface area (Å²) in [6.07, 6.45) is 0.617. The molecule has 1 atom stereocenters. The molecule has 9 nitrogen and oxygen atoms in total. The molecule has 0 bridgehead atoms. The van der Waals surface area contributed by atoms with Gasteiger partial charge in [0.25, 0.3) is 0 Å². The van der Waals surface area contributed by atoms with Crippen molar-refractivity contribution in [2.24, 2.45) is 5.92 Å². The van der Waals surface area contributed by atoms with Crippen molar-refractivity contribution < 1.29 is 27.9 Å². The minimum absolute atomic E-state index is 0.105. The zero-order valence-electron chi connectivity index (χ0n) is 19.1. The van der Waals surface area contributed by atoms with Crippen LogP contribution >= 0.6 is 0 Å². The SMILES string of the molecule is CC(C)(C)NS(=O)(=O)c1cccc2c(NC(=O)C(CC3CCOCC3)NC(=O)O)cccc12. The summed E-state index contributed by atoms with van der Waals surface area (Å²) in [5, 5.41) is 15.3. The molecule has 10 heteroatoms. The molecule has 2 amide bonds. The van der Waals surface area contributed by atoms with Crippen molar-refractivity contribution in [3.05, 3.63) is 36.4 Å². The van der Waals surface area contributed by atoms with Crippen LogP contribution < -0.4 is 15.4 Å². The fraction of sp³-hybridized carbons (Fsp3) is 0.478. The first-order valence-electron chi connectivity index (χ1n) is 10.9. The third-order valence-corrected chi connectivity index (χ3v) is 7.21. The van der Waals surface area contributed by atoms with Gasteiger partial charge in [-0.05, 0) is 58.1 Å². The van der Waals surface area contributed by atoms with Crippen LogP contribution in [0.5, 0.6) is 0 Å². The Balaban J connectivity index is 1.90. The first kappa shape index (κ1) is 24.9. The number of nitrogens with one attached hydrogen (secondary N) is 3. The van der Waals surface area contributed by atoms with Crippen LogP contribution in [0, 0.1) is 5.92 Å². The molecule has 1 aliphatic rings. The third-order valence-electron chi connectivity index (χ3n) is 5.39. The van der Waals surface area contributed by atoms with E-state index in [1.165, 1.54) is 6.07 Å². The average Bonchev–Trinajstić information content (AvgIpc) is 2.72. The Morgan fingerprint density at radius 2 is 1.73 bits per heavy atom. The molecule has 1 unspecified atom stereocenters. The largest absolute Gasteiger partial charge is 0.465 e. The second-order valence-corrected chi connectivity index (χ2v) is 10.9. The van der Waals surface area contributed by atoms with E-state index in [-0.39, 0.29) is 10.8 Å². The zero-order chi connectivity index (χ0) is 24.2. The van der Waals surface area contributed by atoms with E-state index in [2.05, 4.69) is 15.4 Å². The first-order valence-corrected chi connectivity index (χ1v) is 12.4. The van der Waals surface area contributed by atoms with Gasteiger partial charge in [-0.15, -0.1) is 0 Å². The Kier molecular flexibility index (Phi) is 7.61. The van der Waals surface area contributed by atoms with E-state index < -0.39 is 33.6 Å². The Morgan fingerprint density at radius 1 is 1.09 bits per heavy atom. The maximum atomic E-state index is 13.0. The Labute approximate surface area is 193 Å². The number of rotatable bonds is 7. The number of ether oxygens (including phenoxy) is 1. The maximum absolute atomic E-state index is 13.0. The lowest BCUT2D eigenvalue weighted by Gasteiger charge is -2.26. The van der Waals surface area contributed by atoms with E-state index in [9.17, 15) is 23.1 Å². The predicted molar refractivity (Wildman–Crippen MR) is 126 cm³/mol. The molecular weight excluding hydrogens is 446 g/mol. The lowest BCUT2D eigenvalue weighted by molar-refractivity contribution is -0.118. The van der Waals surface area contributed by atoms with Crippen LogP contribution in [0.4, 0.5) is 10.5 Å². The van der Waals surface area contributed by atoms with Crippen LogP contribution in [0.25, 0.3) is 10.8 Å².